The average molecular weight is 164 g/mol. The zero-order chi connectivity index (χ0) is 8.97. The lowest BCUT2D eigenvalue weighted by atomic mass is 10.1. The Labute approximate surface area is 72.2 Å². The van der Waals surface area contributed by atoms with Crippen molar-refractivity contribution >= 4 is 5.78 Å². The van der Waals surface area contributed by atoms with Gasteiger partial charge in [-0.1, -0.05) is 12.2 Å². The molecule has 1 aliphatic carbocycles. The van der Waals surface area contributed by atoms with Crippen molar-refractivity contribution in [3.05, 3.63) is 35.6 Å². The van der Waals surface area contributed by atoms with E-state index >= 15 is 0 Å². The molecule has 0 aromatic rings. The van der Waals surface area contributed by atoms with Gasteiger partial charge in [0.25, 0.3) is 0 Å². The van der Waals surface area contributed by atoms with E-state index in [1.807, 2.05) is 18.2 Å². The molecule has 1 rings (SSSR count). The van der Waals surface area contributed by atoms with E-state index in [4.69, 9.17) is 4.74 Å². The lowest BCUT2D eigenvalue weighted by Gasteiger charge is -2.00. The Kier molecular flexibility index (Phi) is 2.86. The van der Waals surface area contributed by atoms with Crippen LogP contribution in [0.15, 0.2) is 35.6 Å². The number of Topliss-reactive ketones (excluding diaryl/α,β-unsaturated/α-hetero) is 1. The molecule has 0 saturated carbocycles. The van der Waals surface area contributed by atoms with E-state index in [1.165, 1.54) is 0 Å². The number of methoxy groups -OCH3 is 1. The molecule has 2 heteroatoms. The number of hydrogen-bond donors (Lipinski definition) is 0. The van der Waals surface area contributed by atoms with Crippen molar-refractivity contribution in [2.75, 3.05) is 7.11 Å². The van der Waals surface area contributed by atoms with E-state index in [0.29, 0.717) is 6.42 Å². The fourth-order valence-corrected chi connectivity index (χ4v) is 1.01. The van der Waals surface area contributed by atoms with E-state index in [1.54, 1.807) is 20.1 Å². The molecule has 0 unspecified atom stereocenters. The van der Waals surface area contributed by atoms with Gasteiger partial charge in [-0.15, -0.1) is 0 Å². The molecular weight excluding hydrogens is 152 g/mol. The lowest BCUT2D eigenvalue weighted by molar-refractivity contribution is -0.113. The van der Waals surface area contributed by atoms with Crippen LogP contribution in [0.5, 0.6) is 0 Å². The summed E-state index contributed by atoms with van der Waals surface area (Å²) in [5, 5.41) is 0. The van der Waals surface area contributed by atoms with Gasteiger partial charge in [0.1, 0.15) is 5.76 Å². The molecule has 1 aliphatic rings. The van der Waals surface area contributed by atoms with Gasteiger partial charge in [0.2, 0.25) is 0 Å². The number of ketones is 1. The molecule has 0 radical (unpaired) electrons. The van der Waals surface area contributed by atoms with E-state index in [-0.39, 0.29) is 5.78 Å². The molecule has 0 aliphatic heterocycles. The molecule has 0 N–H and O–H groups in total. The second kappa shape index (κ2) is 3.90. The molecule has 0 heterocycles. The number of allylic oxidation sites excluding steroid dienone is 5. The number of rotatable bonds is 2. The predicted molar refractivity (Wildman–Crippen MR) is 47.6 cm³/mol. The average Bonchev–Trinajstić information content (AvgIpc) is 2.28. The molecule has 0 aromatic heterocycles. The molecule has 0 amide bonds. The summed E-state index contributed by atoms with van der Waals surface area (Å²) in [6, 6.07) is 0. The second-order valence-corrected chi connectivity index (χ2v) is 2.63. The monoisotopic (exact) mass is 164 g/mol. The zero-order valence-electron chi connectivity index (χ0n) is 7.33. The molecule has 0 spiro atoms. The Balaban J connectivity index is 2.90. The third-order valence-electron chi connectivity index (χ3n) is 1.74. The summed E-state index contributed by atoms with van der Waals surface area (Å²) in [7, 11) is 1.60. The van der Waals surface area contributed by atoms with Gasteiger partial charge in [-0.25, -0.2) is 0 Å². The van der Waals surface area contributed by atoms with Crippen LogP contribution in [-0.4, -0.2) is 12.9 Å². The zero-order valence-corrected chi connectivity index (χ0v) is 7.33. The molecule has 0 fully saturated rings. The van der Waals surface area contributed by atoms with Crippen LogP contribution in [0.4, 0.5) is 0 Å². The van der Waals surface area contributed by atoms with Crippen molar-refractivity contribution in [3.63, 3.8) is 0 Å². The SMILES string of the molecule is COC1=CC=CCC(C(C)=O)=C1. The van der Waals surface area contributed by atoms with Crippen LogP contribution in [0.25, 0.3) is 0 Å². The summed E-state index contributed by atoms with van der Waals surface area (Å²) < 4.78 is 5.03. The molecule has 12 heavy (non-hydrogen) atoms. The van der Waals surface area contributed by atoms with Crippen molar-refractivity contribution < 1.29 is 9.53 Å². The largest absolute Gasteiger partial charge is 0.497 e. The Hall–Kier alpha value is -1.31. The van der Waals surface area contributed by atoms with Gasteiger partial charge >= 0.3 is 0 Å². The van der Waals surface area contributed by atoms with Crippen LogP contribution in [0, 0.1) is 0 Å². The van der Waals surface area contributed by atoms with Gasteiger partial charge in [0, 0.05) is 5.57 Å². The summed E-state index contributed by atoms with van der Waals surface area (Å²) in [5.41, 5.74) is 0.789. The highest BCUT2D eigenvalue weighted by atomic mass is 16.5. The lowest BCUT2D eigenvalue weighted by Crippen LogP contribution is -1.95. The number of carbonyl (C=O) groups excluding carboxylic acids is 1. The maximum atomic E-state index is 11.0. The standard InChI is InChI=1S/C10H12O2/c1-8(11)9-5-3-4-6-10(7-9)12-2/h3-4,6-7H,5H2,1-2H3. The molecule has 64 valence electrons. The third-order valence-corrected chi connectivity index (χ3v) is 1.74. The highest BCUT2D eigenvalue weighted by Crippen LogP contribution is 2.13. The normalized spacial score (nSPS) is 16.2. The van der Waals surface area contributed by atoms with Crippen molar-refractivity contribution in [2.45, 2.75) is 13.3 Å². The van der Waals surface area contributed by atoms with Crippen LogP contribution in [-0.2, 0) is 9.53 Å². The van der Waals surface area contributed by atoms with Gasteiger partial charge < -0.3 is 4.74 Å². The quantitative estimate of drug-likeness (QED) is 0.624. The highest BCUT2D eigenvalue weighted by molar-refractivity contribution is 5.94. The molecule has 0 atom stereocenters. The number of carbonyl (C=O) groups is 1. The predicted octanol–water partition coefficient (Wildman–Crippen LogP) is 1.99. The summed E-state index contributed by atoms with van der Waals surface area (Å²) in [6.45, 7) is 1.57. The smallest absolute Gasteiger partial charge is 0.156 e. The number of hydrogen-bond acceptors (Lipinski definition) is 2. The van der Waals surface area contributed by atoms with Crippen LogP contribution in [0.2, 0.25) is 0 Å². The van der Waals surface area contributed by atoms with Gasteiger partial charge in [-0.05, 0) is 25.5 Å². The molecule has 0 bridgehead atoms. The first-order valence-corrected chi connectivity index (χ1v) is 3.86. The minimum Gasteiger partial charge on any atom is -0.497 e. The van der Waals surface area contributed by atoms with Gasteiger partial charge in [0.15, 0.2) is 5.78 Å². The molecule has 0 aromatic carbocycles. The van der Waals surface area contributed by atoms with Crippen molar-refractivity contribution in [1.82, 2.24) is 0 Å². The van der Waals surface area contributed by atoms with E-state index in [0.717, 1.165) is 11.3 Å². The minimum atomic E-state index is 0.101. The van der Waals surface area contributed by atoms with Crippen molar-refractivity contribution in [3.8, 4) is 0 Å². The third kappa shape index (κ3) is 2.09. The molecular formula is C10H12O2. The van der Waals surface area contributed by atoms with Gasteiger partial charge in [-0.3, -0.25) is 4.79 Å². The maximum Gasteiger partial charge on any atom is 0.156 e. The van der Waals surface area contributed by atoms with E-state index in [9.17, 15) is 4.79 Å². The first-order chi connectivity index (χ1) is 5.74. The first kappa shape index (κ1) is 8.78. The summed E-state index contributed by atoms with van der Waals surface area (Å²) >= 11 is 0. The van der Waals surface area contributed by atoms with E-state index in [2.05, 4.69) is 0 Å². The summed E-state index contributed by atoms with van der Waals surface area (Å²) in [6.07, 6.45) is 8.15. The summed E-state index contributed by atoms with van der Waals surface area (Å²) in [4.78, 5) is 11.0. The Morgan fingerprint density at radius 1 is 1.58 bits per heavy atom. The fraction of sp³-hybridized carbons (Fsp3) is 0.300. The Bertz CT molecular complexity index is 270. The second-order valence-electron chi connectivity index (χ2n) is 2.63. The minimum absolute atomic E-state index is 0.101. The first-order valence-electron chi connectivity index (χ1n) is 3.86. The van der Waals surface area contributed by atoms with Gasteiger partial charge in [0.05, 0.1) is 7.11 Å². The van der Waals surface area contributed by atoms with Crippen LogP contribution in [0.1, 0.15) is 13.3 Å². The summed E-state index contributed by atoms with van der Waals surface area (Å²) in [5.74, 6) is 0.832. The molecule has 0 saturated heterocycles. The van der Waals surface area contributed by atoms with E-state index < -0.39 is 0 Å². The highest BCUT2D eigenvalue weighted by Gasteiger charge is 2.04. The van der Waals surface area contributed by atoms with Crippen LogP contribution in [0.3, 0.4) is 0 Å². The number of ether oxygens (including phenoxy) is 1. The van der Waals surface area contributed by atoms with Gasteiger partial charge in [-0.2, -0.15) is 0 Å². The molecule has 2 nitrogen and oxygen atoms in total. The Morgan fingerprint density at radius 2 is 2.33 bits per heavy atom. The fourth-order valence-electron chi connectivity index (χ4n) is 1.01. The van der Waals surface area contributed by atoms with Crippen LogP contribution < -0.4 is 0 Å². The van der Waals surface area contributed by atoms with Crippen LogP contribution >= 0.6 is 0 Å². The maximum absolute atomic E-state index is 11.0. The van der Waals surface area contributed by atoms with Crippen molar-refractivity contribution in [2.24, 2.45) is 0 Å². The Morgan fingerprint density at radius 3 is 2.92 bits per heavy atom. The van der Waals surface area contributed by atoms with Crippen molar-refractivity contribution in [1.29, 1.82) is 0 Å². The topological polar surface area (TPSA) is 26.3 Å².